The van der Waals surface area contributed by atoms with Gasteiger partial charge in [0.25, 0.3) is 0 Å². The molecule has 1 N–H and O–H groups in total. The van der Waals surface area contributed by atoms with Crippen molar-refractivity contribution in [2.24, 2.45) is 5.92 Å². The summed E-state index contributed by atoms with van der Waals surface area (Å²) in [6.07, 6.45) is 0.552. The number of nitrogens with one attached hydrogen (secondary N) is 1. The molecule has 0 heterocycles. The zero-order valence-electron chi connectivity index (χ0n) is 18.0. The second-order valence-corrected chi connectivity index (χ2v) is 8.77. The van der Waals surface area contributed by atoms with Gasteiger partial charge in [-0.15, -0.1) is 0 Å². The van der Waals surface area contributed by atoms with Gasteiger partial charge in [0.1, 0.15) is 6.04 Å². The van der Waals surface area contributed by atoms with E-state index in [1.165, 1.54) is 0 Å². The number of nitrogens with zero attached hydrogens (tertiary/aromatic N) is 1. The van der Waals surface area contributed by atoms with E-state index in [4.69, 9.17) is 23.2 Å². The Kier molecular flexibility index (Phi) is 9.19. The van der Waals surface area contributed by atoms with E-state index in [1.54, 1.807) is 23.1 Å². The first-order chi connectivity index (χ1) is 14.2. The Hall–Kier alpha value is -2.04. The van der Waals surface area contributed by atoms with Gasteiger partial charge in [-0.05, 0) is 42.5 Å². The zero-order valence-corrected chi connectivity index (χ0v) is 19.6. The third-order valence-corrected chi connectivity index (χ3v) is 5.60. The Balaban J connectivity index is 2.33. The molecule has 6 heteroatoms. The summed E-state index contributed by atoms with van der Waals surface area (Å²) in [6.45, 7) is 8.91. The predicted octanol–water partition coefficient (Wildman–Crippen LogP) is 5.42. The lowest BCUT2D eigenvalue weighted by atomic mass is 10.1. The van der Waals surface area contributed by atoms with Crippen molar-refractivity contribution >= 4 is 35.0 Å². The summed E-state index contributed by atoms with van der Waals surface area (Å²) in [6, 6.07) is 12.6. The molecule has 0 aliphatic carbocycles. The van der Waals surface area contributed by atoms with Crippen LogP contribution in [0.15, 0.2) is 42.5 Å². The van der Waals surface area contributed by atoms with Crippen LogP contribution in [0.3, 0.4) is 0 Å². The van der Waals surface area contributed by atoms with E-state index in [0.717, 1.165) is 11.1 Å². The molecule has 1 unspecified atom stereocenters. The van der Waals surface area contributed by atoms with Crippen molar-refractivity contribution < 1.29 is 9.59 Å². The number of benzene rings is 2. The van der Waals surface area contributed by atoms with Crippen LogP contribution < -0.4 is 5.32 Å². The Morgan fingerprint density at radius 1 is 1.07 bits per heavy atom. The van der Waals surface area contributed by atoms with Crippen LogP contribution in [0.4, 0.5) is 0 Å². The minimum atomic E-state index is -0.571. The lowest BCUT2D eigenvalue weighted by Crippen LogP contribution is -2.50. The van der Waals surface area contributed by atoms with Gasteiger partial charge in [0, 0.05) is 23.1 Å². The van der Waals surface area contributed by atoms with Crippen molar-refractivity contribution in [3.8, 4) is 0 Å². The van der Waals surface area contributed by atoms with Crippen molar-refractivity contribution in [1.29, 1.82) is 0 Å². The number of rotatable bonds is 9. The summed E-state index contributed by atoms with van der Waals surface area (Å²) in [4.78, 5) is 27.9. The van der Waals surface area contributed by atoms with Crippen molar-refractivity contribution in [3.63, 3.8) is 0 Å². The van der Waals surface area contributed by atoms with Gasteiger partial charge in [0.2, 0.25) is 11.8 Å². The van der Waals surface area contributed by atoms with Crippen LogP contribution in [-0.2, 0) is 22.6 Å². The van der Waals surface area contributed by atoms with Crippen LogP contribution in [0.2, 0.25) is 10.0 Å². The van der Waals surface area contributed by atoms with Gasteiger partial charge in [-0.3, -0.25) is 9.59 Å². The number of hydrogen-bond acceptors (Lipinski definition) is 2. The summed E-state index contributed by atoms with van der Waals surface area (Å²) in [7, 11) is 0. The Labute approximate surface area is 189 Å². The van der Waals surface area contributed by atoms with Crippen molar-refractivity contribution in [3.05, 3.63) is 69.2 Å². The lowest BCUT2D eigenvalue weighted by Gasteiger charge is -2.31. The molecule has 1 atom stereocenters. The highest BCUT2D eigenvalue weighted by Crippen LogP contribution is 2.26. The number of amides is 2. The molecule has 0 saturated heterocycles. The van der Waals surface area contributed by atoms with Gasteiger partial charge in [-0.1, -0.05) is 79.9 Å². The minimum Gasteiger partial charge on any atom is -0.354 e. The minimum absolute atomic E-state index is 0.0400. The second kappa shape index (κ2) is 11.4. The zero-order chi connectivity index (χ0) is 22.3. The van der Waals surface area contributed by atoms with E-state index in [2.05, 4.69) is 5.32 Å². The molecule has 0 saturated carbocycles. The molecule has 0 radical (unpaired) electrons. The van der Waals surface area contributed by atoms with Crippen molar-refractivity contribution in [1.82, 2.24) is 10.2 Å². The van der Waals surface area contributed by atoms with E-state index < -0.39 is 6.04 Å². The summed E-state index contributed by atoms with van der Waals surface area (Å²) in [5.41, 5.74) is 2.66. The summed E-state index contributed by atoms with van der Waals surface area (Å²) in [5.74, 6) is 0.00447. The van der Waals surface area contributed by atoms with Crippen LogP contribution in [0, 0.1) is 12.8 Å². The molecule has 0 fully saturated rings. The first kappa shape index (κ1) is 24.2. The lowest BCUT2D eigenvalue weighted by molar-refractivity contribution is -0.141. The predicted molar refractivity (Wildman–Crippen MR) is 124 cm³/mol. The molecule has 2 amide bonds. The van der Waals surface area contributed by atoms with Crippen molar-refractivity contribution in [2.45, 2.75) is 53.1 Å². The first-order valence-corrected chi connectivity index (χ1v) is 11.0. The first-order valence-electron chi connectivity index (χ1n) is 10.3. The molecular weight excluding hydrogens is 419 g/mol. The second-order valence-electron chi connectivity index (χ2n) is 7.95. The highest BCUT2D eigenvalue weighted by Gasteiger charge is 2.29. The highest BCUT2D eigenvalue weighted by atomic mass is 35.5. The molecule has 4 nitrogen and oxygen atoms in total. The molecule has 2 rings (SSSR count). The third-order valence-electron chi connectivity index (χ3n) is 4.90. The Bertz CT molecular complexity index is 863. The molecular formula is C24H30Cl2N2O2. The molecule has 30 heavy (non-hydrogen) atoms. The summed E-state index contributed by atoms with van der Waals surface area (Å²) < 4.78 is 0. The van der Waals surface area contributed by atoms with Crippen LogP contribution in [0.5, 0.6) is 0 Å². The van der Waals surface area contributed by atoms with E-state index in [9.17, 15) is 9.59 Å². The van der Waals surface area contributed by atoms with E-state index >= 15 is 0 Å². The number of halogens is 2. The number of carbonyl (C=O) groups is 2. The van der Waals surface area contributed by atoms with E-state index in [0.29, 0.717) is 41.0 Å². The van der Waals surface area contributed by atoms with Crippen LogP contribution in [-0.4, -0.2) is 29.3 Å². The fourth-order valence-electron chi connectivity index (χ4n) is 3.30. The van der Waals surface area contributed by atoms with Gasteiger partial charge >= 0.3 is 0 Å². The van der Waals surface area contributed by atoms with Gasteiger partial charge in [0.15, 0.2) is 0 Å². The van der Waals surface area contributed by atoms with Gasteiger partial charge in [-0.25, -0.2) is 0 Å². The average Bonchev–Trinajstić information content (AvgIpc) is 2.69. The van der Waals surface area contributed by atoms with Crippen LogP contribution in [0.25, 0.3) is 0 Å². The molecule has 0 spiro atoms. The highest BCUT2D eigenvalue weighted by molar-refractivity contribution is 6.36. The molecule has 0 aliphatic heterocycles. The monoisotopic (exact) mass is 448 g/mol. The maximum Gasteiger partial charge on any atom is 0.242 e. The average molecular weight is 449 g/mol. The number of aryl methyl sites for hydroxylation is 1. The standard InChI is InChI=1S/C24H30Cl2N2O2/c1-5-22(24(30)27-14-16(2)3)28(15-18-9-6-8-17(4)12-18)23(29)13-19-20(25)10-7-11-21(19)26/h6-12,16,22H,5,13-15H2,1-4H3,(H,27,30). The molecule has 162 valence electrons. The fraction of sp³-hybridized carbons (Fsp3) is 0.417. The maximum absolute atomic E-state index is 13.4. The van der Waals surface area contributed by atoms with Gasteiger partial charge in [0.05, 0.1) is 6.42 Å². The fourth-order valence-corrected chi connectivity index (χ4v) is 3.83. The topological polar surface area (TPSA) is 49.4 Å². The molecule has 0 aromatic heterocycles. The molecule has 2 aromatic carbocycles. The van der Waals surface area contributed by atoms with E-state index in [1.807, 2.05) is 52.0 Å². The normalized spacial score (nSPS) is 12.0. The Morgan fingerprint density at radius 3 is 2.27 bits per heavy atom. The van der Waals surface area contributed by atoms with Gasteiger partial charge in [-0.2, -0.15) is 0 Å². The maximum atomic E-state index is 13.4. The van der Waals surface area contributed by atoms with Crippen molar-refractivity contribution in [2.75, 3.05) is 6.54 Å². The molecule has 0 aliphatic rings. The third kappa shape index (κ3) is 6.75. The van der Waals surface area contributed by atoms with Crippen LogP contribution in [0.1, 0.15) is 43.9 Å². The quantitative estimate of drug-likeness (QED) is 0.556. The van der Waals surface area contributed by atoms with Crippen LogP contribution >= 0.6 is 23.2 Å². The molecule has 2 aromatic rings. The van der Waals surface area contributed by atoms with E-state index in [-0.39, 0.29) is 18.2 Å². The molecule has 0 bridgehead atoms. The summed E-state index contributed by atoms with van der Waals surface area (Å²) in [5, 5.41) is 3.86. The number of hydrogen-bond donors (Lipinski definition) is 1. The number of carbonyl (C=O) groups excluding carboxylic acids is 2. The summed E-state index contributed by atoms with van der Waals surface area (Å²) >= 11 is 12.6. The smallest absolute Gasteiger partial charge is 0.242 e. The Morgan fingerprint density at radius 2 is 1.70 bits per heavy atom. The van der Waals surface area contributed by atoms with Gasteiger partial charge < -0.3 is 10.2 Å². The SMILES string of the molecule is CCC(C(=O)NCC(C)C)N(Cc1cccc(C)c1)C(=O)Cc1c(Cl)cccc1Cl. The largest absolute Gasteiger partial charge is 0.354 e.